The summed E-state index contributed by atoms with van der Waals surface area (Å²) in [5.74, 6) is -1.13. The summed E-state index contributed by atoms with van der Waals surface area (Å²) < 4.78 is 0. The molecule has 1 heterocycles. The Bertz CT molecular complexity index is 510. The van der Waals surface area contributed by atoms with Gasteiger partial charge in [-0.2, -0.15) is 0 Å². The Hall–Kier alpha value is -1.39. The lowest BCUT2D eigenvalue weighted by molar-refractivity contribution is 0.0879. The van der Waals surface area contributed by atoms with Gasteiger partial charge in [-0.15, -0.1) is 0 Å². The maximum Gasteiger partial charge on any atom is 0.260 e. The molecule has 1 N–H and O–H groups in total. The second-order valence-corrected chi connectivity index (χ2v) is 3.63. The third-order valence-corrected chi connectivity index (χ3v) is 2.65. The minimum absolute atomic E-state index is 0.00756. The maximum absolute atomic E-state index is 11.3. The van der Waals surface area contributed by atoms with Crippen LogP contribution >= 0.6 is 23.2 Å². The highest BCUT2D eigenvalue weighted by Gasteiger charge is 2.31. The Morgan fingerprint density at radius 3 is 2.47 bits per heavy atom. The van der Waals surface area contributed by atoms with Crippen molar-refractivity contribution in [2.24, 2.45) is 0 Å². The molecule has 0 unspecified atom stereocenters. The van der Waals surface area contributed by atoms with Crippen LogP contribution in [0.2, 0.25) is 5.02 Å². The molecule has 1 aliphatic heterocycles. The van der Waals surface area contributed by atoms with E-state index in [1.54, 1.807) is 0 Å². The van der Waals surface area contributed by atoms with E-state index >= 15 is 0 Å². The van der Waals surface area contributed by atoms with Crippen LogP contribution in [0.3, 0.4) is 0 Å². The number of fused-ring (bicyclic) bond motifs is 1. The van der Waals surface area contributed by atoms with Crippen molar-refractivity contribution in [1.82, 2.24) is 5.32 Å². The van der Waals surface area contributed by atoms with Gasteiger partial charge in [0.2, 0.25) is 0 Å². The van der Waals surface area contributed by atoms with Crippen LogP contribution in [0.15, 0.2) is 12.1 Å². The van der Waals surface area contributed by atoms with Crippen molar-refractivity contribution >= 4 is 40.3 Å². The molecule has 4 nitrogen and oxygen atoms in total. The molecular weight excluding hydrogens is 241 g/mol. The first-order valence-electron chi connectivity index (χ1n) is 3.90. The number of nitrogens with one attached hydrogen (secondary N) is 1. The van der Waals surface area contributed by atoms with E-state index in [0.29, 0.717) is 0 Å². The first-order chi connectivity index (χ1) is 7.02. The predicted octanol–water partition coefficient (Wildman–Crippen LogP) is 1.60. The molecule has 0 saturated heterocycles. The molecule has 2 amide bonds. The van der Waals surface area contributed by atoms with Crippen LogP contribution in [-0.2, 0) is 0 Å². The summed E-state index contributed by atoms with van der Waals surface area (Å²) in [4.78, 5) is 33.4. The summed E-state index contributed by atoms with van der Waals surface area (Å²) in [7, 11) is 0. The molecule has 2 rings (SSSR count). The Morgan fingerprint density at radius 2 is 1.87 bits per heavy atom. The number of carbonyl (C=O) groups is 3. The maximum atomic E-state index is 11.3. The SMILES string of the molecule is O=C(Cl)c1ccc2c(c1Cl)C(=O)NC2=O. The number of hydrogen-bond donors (Lipinski definition) is 1. The molecule has 0 saturated carbocycles. The topological polar surface area (TPSA) is 63.2 Å². The van der Waals surface area contributed by atoms with Gasteiger partial charge < -0.3 is 0 Å². The zero-order chi connectivity index (χ0) is 11.2. The molecule has 1 aromatic rings. The average Bonchev–Trinajstić information content (AvgIpc) is 2.43. The van der Waals surface area contributed by atoms with Crippen molar-refractivity contribution in [3.8, 4) is 0 Å². The largest absolute Gasteiger partial charge is 0.288 e. The van der Waals surface area contributed by atoms with Gasteiger partial charge in [0.25, 0.3) is 17.1 Å². The summed E-state index contributed by atoms with van der Waals surface area (Å²) >= 11 is 11.0. The zero-order valence-electron chi connectivity index (χ0n) is 7.14. The van der Waals surface area contributed by atoms with Crippen molar-refractivity contribution < 1.29 is 14.4 Å². The molecule has 6 heteroatoms. The van der Waals surface area contributed by atoms with Gasteiger partial charge in [0.1, 0.15) is 0 Å². The molecule has 0 atom stereocenters. The molecule has 0 spiro atoms. The van der Waals surface area contributed by atoms with Gasteiger partial charge in [-0.3, -0.25) is 19.7 Å². The van der Waals surface area contributed by atoms with Gasteiger partial charge in [0, 0.05) is 0 Å². The fraction of sp³-hybridized carbons (Fsp3) is 0. The first kappa shape index (κ1) is 10.1. The number of hydrogen-bond acceptors (Lipinski definition) is 3. The van der Waals surface area contributed by atoms with Crippen molar-refractivity contribution in [1.29, 1.82) is 0 Å². The van der Waals surface area contributed by atoms with Gasteiger partial charge in [-0.05, 0) is 23.7 Å². The molecule has 1 aliphatic rings. The number of benzene rings is 1. The summed E-state index contributed by atoms with van der Waals surface area (Å²) in [6.45, 7) is 0. The lowest BCUT2D eigenvalue weighted by Crippen LogP contribution is -2.20. The van der Waals surface area contributed by atoms with Crippen LogP contribution in [0.5, 0.6) is 0 Å². The van der Waals surface area contributed by atoms with Gasteiger partial charge in [0.05, 0.1) is 21.7 Å². The van der Waals surface area contributed by atoms with E-state index in [2.05, 4.69) is 5.32 Å². The smallest absolute Gasteiger partial charge is 0.260 e. The van der Waals surface area contributed by atoms with Crippen molar-refractivity contribution in [3.05, 3.63) is 33.8 Å². The van der Waals surface area contributed by atoms with Crippen molar-refractivity contribution in [3.63, 3.8) is 0 Å². The van der Waals surface area contributed by atoms with Crippen LogP contribution in [0.25, 0.3) is 0 Å². The Labute approximate surface area is 94.2 Å². The summed E-state index contributed by atoms with van der Waals surface area (Å²) in [6.07, 6.45) is 0. The molecule has 0 radical (unpaired) electrons. The number of carbonyl (C=O) groups excluding carboxylic acids is 3. The fourth-order valence-corrected chi connectivity index (χ4v) is 1.91. The van der Waals surface area contributed by atoms with E-state index in [1.165, 1.54) is 12.1 Å². The number of imide groups is 1. The van der Waals surface area contributed by atoms with Crippen molar-refractivity contribution in [2.75, 3.05) is 0 Å². The summed E-state index contributed by atoms with van der Waals surface area (Å²) in [5.41, 5.74) is 0.182. The molecular formula is C9H3Cl2NO3. The minimum Gasteiger partial charge on any atom is -0.288 e. The molecule has 0 aliphatic carbocycles. The molecule has 0 fully saturated rings. The number of rotatable bonds is 1. The van der Waals surface area contributed by atoms with Crippen LogP contribution in [0.4, 0.5) is 0 Å². The van der Waals surface area contributed by atoms with Crippen LogP contribution < -0.4 is 5.32 Å². The van der Waals surface area contributed by atoms with Gasteiger partial charge in [-0.25, -0.2) is 0 Å². The Balaban J connectivity index is 2.74. The van der Waals surface area contributed by atoms with Crippen molar-refractivity contribution in [2.45, 2.75) is 0 Å². The predicted molar refractivity (Wildman–Crippen MR) is 53.4 cm³/mol. The molecule has 15 heavy (non-hydrogen) atoms. The summed E-state index contributed by atoms with van der Waals surface area (Å²) in [6, 6.07) is 2.66. The van der Waals surface area contributed by atoms with Gasteiger partial charge in [-0.1, -0.05) is 11.6 Å². The number of amides is 2. The lowest BCUT2D eigenvalue weighted by atomic mass is 10.1. The van der Waals surface area contributed by atoms with E-state index in [0.717, 1.165) is 0 Å². The third kappa shape index (κ3) is 1.42. The average molecular weight is 244 g/mol. The highest BCUT2D eigenvalue weighted by Crippen LogP contribution is 2.28. The fourth-order valence-electron chi connectivity index (χ4n) is 1.37. The lowest BCUT2D eigenvalue weighted by Gasteiger charge is -2.01. The molecule has 0 aromatic heterocycles. The van der Waals surface area contributed by atoms with E-state index < -0.39 is 17.1 Å². The normalized spacial score (nSPS) is 13.7. The van der Waals surface area contributed by atoms with Crippen LogP contribution in [0.1, 0.15) is 31.1 Å². The highest BCUT2D eigenvalue weighted by molar-refractivity contribution is 6.69. The Kier molecular flexibility index (Phi) is 2.25. The third-order valence-electron chi connectivity index (χ3n) is 2.05. The highest BCUT2D eigenvalue weighted by atomic mass is 35.5. The standard InChI is InChI=1S/C9H3Cl2NO3/c10-6-4(7(11)13)2-1-3-5(6)9(15)12-8(3)14/h1-2H,(H,12,14,15). The molecule has 0 bridgehead atoms. The minimum atomic E-state index is -0.769. The quantitative estimate of drug-likeness (QED) is 0.602. The molecule has 1 aromatic carbocycles. The summed E-state index contributed by atoms with van der Waals surface area (Å²) in [5, 5.41) is 1.22. The Morgan fingerprint density at radius 1 is 1.20 bits per heavy atom. The van der Waals surface area contributed by atoms with E-state index in [4.69, 9.17) is 23.2 Å². The van der Waals surface area contributed by atoms with Gasteiger partial charge in [0.15, 0.2) is 0 Å². The van der Waals surface area contributed by atoms with Crippen LogP contribution in [0, 0.1) is 0 Å². The second-order valence-electron chi connectivity index (χ2n) is 2.91. The molecule has 76 valence electrons. The van der Waals surface area contributed by atoms with E-state index in [-0.39, 0.29) is 21.7 Å². The van der Waals surface area contributed by atoms with Crippen LogP contribution in [-0.4, -0.2) is 17.1 Å². The first-order valence-corrected chi connectivity index (χ1v) is 4.66. The second kappa shape index (κ2) is 3.32. The van der Waals surface area contributed by atoms with Gasteiger partial charge >= 0.3 is 0 Å². The van der Waals surface area contributed by atoms with E-state index in [9.17, 15) is 14.4 Å². The monoisotopic (exact) mass is 243 g/mol. The van der Waals surface area contributed by atoms with E-state index in [1.807, 2.05) is 0 Å². The zero-order valence-corrected chi connectivity index (χ0v) is 8.65. The number of halogens is 2.